The lowest BCUT2D eigenvalue weighted by atomic mass is 10.0. The van der Waals surface area contributed by atoms with E-state index in [1.807, 2.05) is 44.2 Å². The third-order valence-electron chi connectivity index (χ3n) is 5.62. The van der Waals surface area contributed by atoms with Crippen LogP contribution in [0, 0.1) is 5.92 Å². The van der Waals surface area contributed by atoms with Gasteiger partial charge in [-0.15, -0.1) is 0 Å². The largest absolute Gasteiger partial charge is 0.444 e. The molecule has 2 aromatic rings. The number of ether oxygens (including phenoxy) is 2. The lowest BCUT2D eigenvalue weighted by molar-refractivity contribution is 0.0803. The van der Waals surface area contributed by atoms with Crippen molar-refractivity contribution in [1.29, 1.82) is 0 Å². The number of nitrogens with zero attached hydrogens (tertiary/aromatic N) is 1. The van der Waals surface area contributed by atoms with Crippen LogP contribution in [0.1, 0.15) is 32.3 Å². The molecule has 1 aliphatic heterocycles. The average molecular weight is 490 g/mol. The molecule has 1 heterocycles. The van der Waals surface area contributed by atoms with Crippen LogP contribution in [0.15, 0.2) is 59.5 Å². The first-order valence-corrected chi connectivity index (χ1v) is 13.1. The maximum absolute atomic E-state index is 13.4. The third-order valence-corrected chi connectivity index (χ3v) is 7.50. The molecule has 3 rings (SSSR count). The van der Waals surface area contributed by atoms with Crippen LogP contribution in [-0.2, 0) is 25.9 Å². The third kappa shape index (κ3) is 7.72. The van der Waals surface area contributed by atoms with Crippen molar-refractivity contribution in [2.45, 2.75) is 50.2 Å². The molecule has 1 fully saturated rings. The normalized spacial score (nSPS) is 17.1. The van der Waals surface area contributed by atoms with E-state index >= 15 is 0 Å². The Balaban J connectivity index is 1.73. The van der Waals surface area contributed by atoms with Crippen molar-refractivity contribution >= 4 is 21.8 Å². The minimum absolute atomic E-state index is 0.136. The molecule has 2 aromatic carbocycles. The predicted octanol–water partition coefficient (Wildman–Crippen LogP) is 3.43. The molecule has 2 atom stereocenters. The van der Waals surface area contributed by atoms with Crippen LogP contribution in [0.25, 0.3) is 0 Å². The summed E-state index contributed by atoms with van der Waals surface area (Å²) in [6.45, 7) is 5.57. The van der Waals surface area contributed by atoms with Crippen LogP contribution in [0.2, 0.25) is 0 Å². The maximum Gasteiger partial charge on any atom is 0.407 e. The van der Waals surface area contributed by atoms with Gasteiger partial charge in [0.05, 0.1) is 18.1 Å². The number of sulfonamides is 1. The van der Waals surface area contributed by atoms with Gasteiger partial charge in [0.2, 0.25) is 10.0 Å². The fraction of sp³-hybridized carbons (Fsp3) is 0.480. The van der Waals surface area contributed by atoms with Crippen molar-refractivity contribution in [2.75, 3.05) is 32.0 Å². The molecular weight excluding hydrogens is 454 g/mol. The van der Waals surface area contributed by atoms with E-state index in [1.54, 1.807) is 12.1 Å². The fourth-order valence-electron chi connectivity index (χ4n) is 3.89. The molecule has 34 heavy (non-hydrogen) atoms. The number of carbonyl (C=O) groups is 1. The van der Waals surface area contributed by atoms with Gasteiger partial charge in [-0.25, -0.2) is 13.2 Å². The van der Waals surface area contributed by atoms with Crippen molar-refractivity contribution in [1.82, 2.24) is 9.62 Å². The van der Waals surface area contributed by atoms with Gasteiger partial charge in [0, 0.05) is 31.2 Å². The Morgan fingerprint density at radius 2 is 1.88 bits per heavy atom. The van der Waals surface area contributed by atoms with Gasteiger partial charge in [-0.2, -0.15) is 4.31 Å². The van der Waals surface area contributed by atoms with E-state index < -0.39 is 16.1 Å². The van der Waals surface area contributed by atoms with E-state index in [0.717, 1.165) is 5.56 Å². The topological polar surface area (TPSA) is 111 Å². The minimum atomic E-state index is -3.71. The second kappa shape index (κ2) is 12.2. The Morgan fingerprint density at radius 3 is 2.50 bits per heavy atom. The van der Waals surface area contributed by atoms with Crippen molar-refractivity contribution in [3.63, 3.8) is 0 Å². The Bertz CT molecular complexity index is 1010. The van der Waals surface area contributed by atoms with E-state index in [-0.39, 0.29) is 29.5 Å². The summed E-state index contributed by atoms with van der Waals surface area (Å²) in [6.07, 6.45) is 0.924. The number of amides is 1. The molecule has 1 saturated heterocycles. The van der Waals surface area contributed by atoms with Gasteiger partial charge in [0.1, 0.15) is 6.10 Å². The van der Waals surface area contributed by atoms with Gasteiger partial charge in [0.15, 0.2) is 0 Å². The monoisotopic (exact) mass is 489 g/mol. The van der Waals surface area contributed by atoms with Crippen molar-refractivity contribution in [3.8, 4) is 0 Å². The minimum Gasteiger partial charge on any atom is -0.444 e. The van der Waals surface area contributed by atoms with Crippen molar-refractivity contribution in [2.24, 2.45) is 5.92 Å². The zero-order valence-corrected chi connectivity index (χ0v) is 20.7. The van der Waals surface area contributed by atoms with Gasteiger partial charge in [-0.1, -0.05) is 44.2 Å². The number of alkyl carbamates (subject to hydrolysis) is 1. The molecule has 0 radical (unpaired) electrons. The van der Waals surface area contributed by atoms with Crippen LogP contribution >= 0.6 is 0 Å². The van der Waals surface area contributed by atoms with Crippen LogP contribution in [-0.4, -0.2) is 57.3 Å². The Labute approximate surface area is 202 Å². The first-order valence-electron chi connectivity index (χ1n) is 11.7. The van der Waals surface area contributed by atoms with E-state index in [4.69, 9.17) is 15.2 Å². The molecule has 0 saturated carbocycles. The summed E-state index contributed by atoms with van der Waals surface area (Å²) in [7, 11) is -3.71. The predicted molar refractivity (Wildman–Crippen MR) is 132 cm³/mol. The highest BCUT2D eigenvalue weighted by Gasteiger charge is 2.27. The summed E-state index contributed by atoms with van der Waals surface area (Å²) in [5.41, 5.74) is 7.29. The molecule has 9 heteroatoms. The molecule has 0 aliphatic carbocycles. The van der Waals surface area contributed by atoms with Crippen molar-refractivity contribution < 1.29 is 22.7 Å². The molecule has 1 amide bonds. The van der Waals surface area contributed by atoms with E-state index in [2.05, 4.69) is 5.32 Å². The second-order valence-electron chi connectivity index (χ2n) is 9.04. The van der Waals surface area contributed by atoms with Crippen LogP contribution in [0.5, 0.6) is 0 Å². The van der Waals surface area contributed by atoms with Gasteiger partial charge in [-0.05, 0) is 48.6 Å². The summed E-state index contributed by atoms with van der Waals surface area (Å²) in [6, 6.07) is 15.7. The zero-order chi connectivity index (χ0) is 24.6. The SMILES string of the molecule is CC(C)CN(CC[C@H](Cc1ccccc1)NC(=O)O[C@H]1CCOC1)S(=O)(=O)c1ccc(N)cc1. The molecule has 0 aromatic heterocycles. The smallest absolute Gasteiger partial charge is 0.407 e. The number of hydrogen-bond acceptors (Lipinski definition) is 6. The summed E-state index contributed by atoms with van der Waals surface area (Å²) < 4.78 is 39.0. The van der Waals surface area contributed by atoms with Crippen molar-refractivity contribution in [3.05, 3.63) is 60.2 Å². The highest BCUT2D eigenvalue weighted by molar-refractivity contribution is 7.89. The van der Waals surface area contributed by atoms with Crippen LogP contribution in [0.3, 0.4) is 0 Å². The van der Waals surface area contributed by atoms with Gasteiger partial charge >= 0.3 is 6.09 Å². The number of hydrogen-bond donors (Lipinski definition) is 2. The molecule has 8 nitrogen and oxygen atoms in total. The summed E-state index contributed by atoms with van der Waals surface area (Å²) in [5.74, 6) is 0.136. The molecule has 1 aliphatic rings. The first-order chi connectivity index (χ1) is 16.2. The molecular formula is C25H35N3O5S. The van der Waals surface area contributed by atoms with E-state index in [9.17, 15) is 13.2 Å². The summed E-state index contributed by atoms with van der Waals surface area (Å²) >= 11 is 0. The lowest BCUT2D eigenvalue weighted by Gasteiger charge is -2.27. The van der Waals surface area contributed by atoms with Gasteiger partial charge in [0.25, 0.3) is 0 Å². The number of nitrogen functional groups attached to an aromatic ring is 1. The highest BCUT2D eigenvalue weighted by Crippen LogP contribution is 2.20. The first kappa shape index (κ1) is 26.0. The highest BCUT2D eigenvalue weighted by atomic mass is 32.2. The lowest BCUT2D eigenvalue weighted by Crippen LogP contribution is -2.42. The Hall–Kier alpha value is -2.62. The average Bonchev–Trinajstić information content (AvgIpc) is 3.30. The Morgan fingerprint density at radius 1 is 1.18 bits per heavy atom. The number of nitrogens with two attached hydrogens (primary N) is 1. The molecule has 0 unspecified atom stereocenters. The van der Waals surface area contributed by atoms with E-state index in [0.29, 0.717) is 44.7 Å². The number of carbonyl (C=O) groups excluding carboxylic acids is 1. The second-order valence-corrected chi connectivity index (χ2v) is 11.0. The zero-order valence-electron chi connectivity index (χ0n) is 19.9. The Kier molecular flexibility index (Phi) is 9.32. The molecule has 0 spiro atoms. The van der Waals surface area contributed by atoms with Gasteiger partial charge < -0.3 is 20.5 Å². The van der Waals surface area contributed by atoms with Crippen LogP contribution in [0.4, 0.5) is 10.5 Å². The molecule has 0 bridgehead atoms. The quantitative estimate of drug-likeness (QED) is 0.468. The summed E-state index contributed by atoms with van der Waals surface area (Å²) in [4.78, 5) is 12.7. The number of benzene rings is 2. The number of rotatable bonds is 11. The maximum atomic E-state index is 13.4. The number of anilines is 1. The molecule has 3 N–H and O–H groups in total. The van der Waals surface area contributed by atoms with E-state index in [1.165, 1.54) is 16.4 Å². The molecule has 186 valence electrons. The van der Waals surface area contributed by atoms with Gasteiger partial charge in [-0.3, -0.25) is 0 Å². The standard InChI is InChI=1S/C25H35N3O5S/c1-19(2)17-28(34(30,31)24-10-8-21(26)9-11-24)14-12-22(16-20-6-4-3-5-7-20)27-25(29)33-23-13-15-32-18-23/h3-11,19,22-23H,12-18,26H2,1-2H3,(H,27,29)/t22-,23+/m1/s1. The number of nitrogens with one attached hydrogen (secondary N) is 1. The summed E-state index contributed by atoms with van der Waals surface area (Å²) in [5, 5.41) is 2.95. The van der Waals surface area contributed by atoms with Crippen LogP contribution < -0.4 is 11.1 Å². The fourth-order valence-corrected chi connectivity index (χ4v) is 5.51.